The molecule has 0 bridgehead atoms. The van der Waals surface area contributed by atoms with Gasteiger partial charge >= 0.3 is 0 Å². The maximum Gasteiger partial charge on any atom is 0.295 e. The Morgan fingerprint density at radius 2 is 1.71 bits per heavy atom. The second-order valence-electron chi connectivity index (χ2n) is 8.76. The van der Waals surface area contributed by atoms with Crippen LogP contribution in [-0.2, 0) is 14.3 Å². The lowest BCUT2D eigenvalue weighted by Crippen LogP contribution is -2.42. The van der Waals surface area contributed by atoms with Crippen molar-refractivity contribution in [2.24, 2.45) is 0 Å². The number of likely N-dealkylation sites (tertiary alicyclic amines) is 1. The van der Waals surface area contributed by atoms with Crippen LogP contribution in [-0.4, -0.2) is 77.7 Å². The first-order valence-corrected chi connectivity index (χ1v) is 12.1. The van der Waals surface area contributed by atoms with Crippen LogP contribution in [0.15, 0.2) is 54.1 Å². The fourth-order valence-electron chi connectivity index (χ4n) is 4.39. The van der Waals surface area contributed by atoms with E-state index in [2.05, 4.69) is 11.8 Å². The molecule has 0 saturated carbocycles. The largest absolute Gasteiger partial charge is 0.508 e. The van der Waals surface area contributed by atoms with Crippen molar-refractivity contribution in [3.05, 3.63) is 65.2 Å². The minimum absolute atomic E-state index is 0.0438. The van der Waals surface area contributed by atoms with Crippen molar-refractivity contribution in [1.82, 2.24) is 9.80 Å². The van der Waals surface area contributed by atoms with E-state index in [1.165, 1.54) is 17.0 Å². The Morgan fingerprint density at radius 3 is 2.37 bits per heavy atom. The van der Waals surface area contributed by atoms with Crippen molar-refractivity contribution in [3.8, 4) is 11.5 Å². The quantitative estimate of drug-likeness (QED) is 0.246. The van der Waals surface area contributed by atoms with E-state index >= 15 is 0 Å². The molecule has 0 spiro atoms. The van der Waals surface area contributed by atoms with Gasteiger partial charge in [0.2, 0.25) is 0 Å². The van der Waals surface area contributed by atoms with Crippen LogP contribution in [0.2, 0.25) is 0 Å². The minimum Gasteiger partial charge on any atom is -0.508 e. The molecule has 0 aromatic heterocycles. The van der Waals surface area contributed by atoms with Gasteiger partial charge in [0.1, 0.15) is 17.3 Å². The highest BCUT2D eigenvalue weighted by Crippen LogP contribution is 2.39. The summed E-state index contributed by atoms with van der Waals surface area (Å²) in [6.07, 6.45) is 1.98. The van der Waals surface area contributed by atoms with Gasteiger partial charge in [-0.05, 0) is 48.4 Å². The first-order chi connectivity index (χ1) is 17.0. The molecule has 1 amide bonds. The number of Topliss-reactive ketones (excluding diaryl/α,β-unsaturated/α-hetero) is 1. The molecular weight excluding hydrogens is 448 g/mol. The van der Waals surface area contributed by atoms with E-state index in [-0.39, 0.29) is 17.1 Å². The van der Waals surface area contributed by atoms with Crippen LogP contribution in [0.25, 0.3) is 5.76 Å². The molecule has 2 aromatic rings. The number of aliphatic hydroxyl groups is 1. The second kappa shape index (κ2) is 11.4. The summed E-state index contributed by atoms with van der Waals surface area (Å²) in [5.41, 5.74) is 1.12. The molecule has 0 aliphatic carbocycles. The van der Waals surface area contributed by atoms with Crippen molar-refractivity contribution >= 4 is 17.4 Å². The van der Waals surface area contributed by atoms with Crippen LogP contribution in [0.5, 0.6) is 11.5 Å². The Bertz CT molecular complexity index is 1060. The Labute approximate surface area is 205 Å². The first-order valence-electron chi connectivity index (χ1n) is 12.1. The number of rotatable bonds is 9. The zero-order valence-electron chi connectivity index (χ0n) is 20.0. The molecule has 2 N–H and O–H groups in total. The average Bonchev–Trinajstić information content (AvgIpc) is 3.13. The molecule has 1 atom stereocenters. The Hall–Kier alpha value is -3.36. The monoisotopic (exact) mass is 480 g/mol. The molecule has 2 saturated heterocycles. The van der Waals surface area contributed by atoms with Crippen LogP contribution in [0.3, 0.4) is 0 Å². The molecule has 2 aliphatic rings. The van der Waals surface area contributed by atoms with Gasteiger partial charge in [-0.25, -0.2) is 0 Å². The van der Waals surface area contributed by atoms with Gasteiger partial charge in [0.05, 0.1) is 31.4 Å². The lowest BCUT2D eigenvalue weighted by Gasteiger charge is -2.31. The average molecular weight is 481 g/mol. The molecular formula is C27H32N2O6. The lowest BCUT2D eigenvalue weighted by atomic mass is 9.95. The van der Waals surface area contributed by atoms with Gasteiger partial charge in [0, 0.05) is 31.7 Å². The summed E-state index contributed by atoms with van der Waals surface area (Å²) in [5.74, 6) is -0.827. The maximum atomic E-state index is 13.2. The molecule has 2 fully saturated rings. The van der Waals surface area contributed by atoms with Crippen LogP contribution in [0.1, 0.15) is 36.9 Å². The fourth-order valence-corrected chi connectivity index (χ4v) is 4.39. The predicted octanol–water partition coefficient (Wildman–Crippen LogP) is 3.33. The summed E-state index contributed by atoms with van der Waals surface area (Å²) in [6.45, 7) is 6.42. The van der Waals surface area contributed by atoms with Gasteiger partial charge in [-0.2, -0.15) is 0 Å². The summed E-state index contributed by atoms with van der Waals surface area (Å²) in [7, 11) is 0. The van der Waals surface area contributed by atoms with Gasteiger partial charge in [0.15, 0.2) is 0 Å². The minimum atomic E-state index is -0.753. The maximum absolute atomic E-state index is 13.2. The van der Waals surface area contributed by atoms with Crippen molar-refractivity contribution in [2.45, 2.75) is 25.8 Å². The number of phenolic OH excluding ortho intramolecular Hbond substituents is 1. The molecule has 4 rings (SSSR count). The molecule has 2 heterocycles. The number of aromatic hydroxyl groups is 1. The number of benzene rings is 2. The third-order valence-corrected chi connectivity index (χ3v) is 6.40. The van der Waals surface area contributed by atoms with Crippen molar-refractivity contribution in [3.63, 3.8) is 0 Å². The number of morpholine rings is 1. The van der Waals surface area contributed by atoms with E-state index in [4.69, 9.17) is 9.47 Å². The van der Waals surface area contributed by atoms with E-state index < -0.39 is 17.7 Å². The van der Waals surface area contributed by atoms with E-state index in [1.54, 1.807) is 36.4 Å². The third-order valence-electron chi connectivity index (χ3n) is 6.40. The van der Waals surface area contributed by atoms with Crippen LogP contribution >= 0.6 is 0 Å². The SMILES string of the molecule is CCCCOc1ccc(/C(O)=C2\C(=O)C(=O)N(CCN3CCOCC3)[C@H]2c2ccc(O)cc2)cc1. The smallest absolute Gasteiger partial charge is 0.295 e. The van der Waals surface area contributed by atoms with Gasteiger partial charge < -0.3 is 24.6 Å². The van der Waals surface area contributed by atoms with E-state index in [9.17, 15) is 19.8 Å². The number of phenols is 1. The number of aliphatic hydroxyl groups excluding tert-OH is 1. The number of ether oxygens (including phenoxy) is 2. The summed E-state index contributed by atoms with van der Waals surface area (Å²) in [5, 5.41) is 21.0. The number of nitrogens with zero attached hydrogens (tertiary/aromatic N) is 2. The summed E-state index contributed by atoms with van der Waals surface area (Å²) in [4.78, 5) is 30.0. The highest BCUT2D eigenvalue weighted by Gasteiger charge is 2.46. The predicted molar refractivity (Wildman–Crippen MR) is 131 cm³/mol. The van der Waals surface area contributed by atoms with Gasteiger partial charge in [-0.1, -0.05) is 25.5 Å². The van der Waals surface area contributed by atoms with E-state index in [0.717, 1.165) is 25.9 Å². The zero-order chi connectivity index (χ0) is 24.8. The first kappa shape index (κ1) is 24.8. The molecule has 35 heavy (non-hydrogen) atoms. The number of carbonyl (C=O) groups is 2. The van der Waals surface area contributed by atoms with Crippen molar-refractivity contribution in [1.29, 1.82) is 0 Å². The fraction of sp³-hybridized carbons (Fsp3) is 0.407. The van der Waals surface area contributed by atoms with Gasteiger partial charge in [-0.3, -0.25) is 14.5 Å². The molecule has 8 nitrogen and oxygen atoms in total. The molecule has 2 aromatic carbocycles. The highest BCUT2D eigenvalue weighted by molar-refractivity contribution is 6.46. The zero-order valence-corrected chi connectivity index (χ0v) is 20.0. The molecule has 0 radical (unpaired) electrons. The molecule has 8 heteroatoms. The Morgan fingerprint density at radius 1 is 1.03 bits per heavy atom. The standard InChI is InChI=1S/C27H32N2O6/c1-2-3-16-35-22-10-6-20(7-11-22)25(31)23-24(19-4-8-21(30)9-5-19)29(27(33)26(23)32)13-12-28-14-17-34-18-15-28/h4-11,24,30-31H,2-3,12-18H2,1H3/b25-23+/t24-/m0/s1. The van der Waals surface area contributed by atoms with Gasteiger partial charge in [-0.15, -0.1) is 0 Å². The summed E-state index contributed by atoms with van der Waals surface area (Å²) in [6, 6.07) is 12.5. The number of unbranched alkanes of at least 4 members (excludes halogenated alkanes) is 1. The normalized spacial score (nSPS) is 20.4. The summed E-state index contributed by atoms with van der Waals surface area (Å²) < 4.78 is 11.1. The van der Waals surface area contributed by atoms with Crippen LogP contribution in [0.4, 0.5) is 0 Å². The highest BCUT2D eigenvalue weighted by atomic mass is 16.5. The number of hydrogen-bond donors (Lipinski definition) is 2. The number of carbonyl (C=O) groups excluding carboxylic acids is 2. The molecule has 186 valence electrons. The van der Waals surface area contributed by atoms with Crippen molar-refractivity contribution < 1.29 is 29.3 Å². The van der Waals surface area contributed by atoms with Gasteiger partial charge in [0.25, 0.3) is 11.7 Å². The number of hydrogen-bond acceptors (Lipinski definition) is 7. The molecule has 2 aliphatic heterocycles. The molecule has 0 unspecified atom stereocenters. The lowest BCUT2D eigenvalue weighted by molar-refractivity contribution is -0.140. The van der Waals surface area contributed by atoms with Crippen molar-refractivity contribution in [2.75, 3.05) is 46.0 Å². The second-order valence-corrected chi connectivity index (χ2v) is 8.76. The number of ketones is 1. The van der Waals surface area contributed by atoms with E-state index in [1.807, 2.05) is 0 Å². The van der Waals surface area contributed by atoms with E-state index in [0.29, 0.717) is 49.8 Å². The van der Waals surface area contributed by atoms with Crippen LogP contribution in [0, 0.1) is 0 Å². The summed E-state index contributed by atoms with van der Waals surface area (Å²) >= 11 is 0. The number of amides is 1. The Kier molecular flexibility index (Phi) is 8.05. The van der Waals surface area contributed by atoms with Crippen LogP contribution < -0.4 is 4.74 Å². The third kappa shape index (κ3) is 5.66. The Balaban J connectivity index is 1.65. The topological polar surface area (TPSA) is 99.5 Å².